The second kappa shape index (κ2) is 10.8. The fraction of sp³-hybridized carbons (Fsp3) is 0.520. The van der Waals surface area contributed by atoms with E-state index in [2.05, 4.69) is 12.0 Å². The van der Waals surface area contributed by atoms with Gasteiger partial charge in [0.1, 0.15) is 0 Å². The highest BCUT2D eigenvalue weighted by Gasteiger charge is 2.38. The maximum absolute atomic E-state index is 13.9. The molecule has 0 unspecified atom stereocenters. The molecule has 1 aliphatic carbocycles. The van der Waals surface area contributed by atoms with Crippen molar-refractivity contribution in [3.8, 4) is 11.4 Å². The van der Waals surface area contributed by atoms with Crippen LogP contribution in [0.15, 0.2) is 36.5 Å². The van der Waals surface area contributed by atoms with E-state index in [0.29, 0.717) is 37.5 Å². The van der Waals surface area contributed by atoms with Gasteiger partial charge in [-0.25, -0.2) is 14.3 Å². The van der Waals surface area contributed by atoms with Crippen molar-refractivity contribution >= 4 is 24.0 Å². The summed E-state index contributed by atoms with van der Waals surface area (Å²) in [6.07, 6.45) is 4.18. The molecular weight excluding hydrogens is 452 g/mol. The number of carbonyl (C=O) groups excluding carboxylic acids is 2. The second-order valence-electron chi connectivity index (χ2n) is 9.32. The van der Waals surface area contributed by atoms with Crippen molar-refractivity contribution in [2.75, 3.05) is 25.1 Å². The quantitative estimate of drug-likeness (QED) is 0.629. The minimum atomic E-state index is -1.47. The summed E-state index contributed by atoms with van der Waals surface area (Å²) in [5, 5.41) is 14.0. The Balaban J connectivity index is 1.70. The lowest BCUT2D eigenvalue weighted by Gasteiger charge is -2.39. The van der Waals surface area contributed by atoms with Crippen LogP contribution < -0.4 is 9.64 Å². The Bertz CT molecular complexity index is 1040. The fourth-order valence-electron chi connectivity index (χ4n) is 4.99. The molecule has 35 heavy (non-hydrogen) atoms. The molecule has 10 nitrogen and oxygen atoms in total. The average molecular weight is 485 g/mol. The predicted octanol–water partition coefficient (Wildman–Crippen LogP) is 4.32. The Kier molecular flexibility index (Phi) is 7.57. The maximum Gasteiger partial charge on any atom is 0.511 e. The number of benzene rings is 1. The van der Waals surface area contributed by atoms with Crippen LogP contribution in [0.25, 0.3) is 5.69 Å². The number of likely N-dealkylation sites (tertiary alicyclic amines) is 1. The van der Waals surface area contributed by atoms with Gasteiger partial charge in [-0.2, -0.15) is 0 Å². The molecule has 2 aromatic rings. The molecule has 1 aromatic carbocycles. The molecule has 4 rings (SSSR count). The molecular formula is C25H32N4O6. The lowest BCUT2D eigenvalue weighted by molar-refractivity contribution is -0.124. The third-order valence-corrected chi connectivity index (χ3v) is 6.97. The lowest BCUT2D eigenvalue weighted by Crippen LogP contribution is -2.51. The zero-order valence-electron chi connectivity index (χ0n) is 20.1. The molecule has 2 amide bonds. The predicted molar refractivity (Wildman–Crippen MR) is 128 cm³/mol. The highest BCUT2D eigenvalue weighted by Crippen LogP contribution is 2.37. The number of anilines is 1. The standard InChI is InChI=1S/C25H32N4O6/c1-17-8-10-18(11-9-17)23(30)29(20-12-14-27(15-13-20)24(31)34-2)22-21(35-25(32)33)16-28(26-22)19-6-4-3-5-7-19/h3-7,16-18,20H,8-15H2,1-2H3,(H,32,33). The largest absolute Gasteiger partial charge is 0.511 e. The van der Waals surface area contributed by atoms with E-state index in [1.54, 1.807) is 9.80 Å². The van der Waals surface area contributed by atoms with Crippen LogP contribution in [0, 0.1) is 11.8 Å². The Labute approximate surface area is 204 Å². The van der Waals surface area contributed by atoms with Crippen LogP contribution in [0.1, 0.15) is 45.4 Å². The Morgan fingerprint density at radius 3 is 2.29 bits per heavy atom. The molecule has 0 atom stereocenters. The third-order valence-electron chi connectivity index (χ3n) is 6.97. The minimum Gasteiger partial charge on any atom is -0.453 e. The van der Waals surface area contributed by atoms with Crippen molar-refractivity contribution < 1.29 is 29.0 Å². The highest BCUT2D eigenvalue weighted by molar-refractivity contribution is 5.96. The normalized spacial score (nSPS) is 20.8. The van der Waals surface area contributed by atoms with E-state index < -0.39 is 12.2 Å². The van der Waals surface area contributed by atoms with Crippen molar-refractivity contribution in [1.82, 2.24) is 14.7 Å². The van der Waals surface area contributed by atoms with Gasteiger partial charge in [-0.05, 0) is 56.6 Å². The van der Waals surface area contributed by atoms with E-state index in [-0.39, 0.29) is 29.4 Å². The number of hydrogen-bond acceptors (Lipinski definition) is 6. The maximum atomic E-state index is 13.9. The number of piperidine rings is 1. The van der Waals surface area contributed by atoms with Crippen LogP contribution in [0.2, 0.25) is 0 Å². The number of aromatic nitrogens is 2. The van der Waals surface area contributed by atoms with Crippen LogP contribution in [0.4, 0.5) is 15.4 Å². The summed E-state index contributed by atoms with van der Waals surface area (Å²) < 4.78 is 11.5. The third kappa shape index (κ3) is 5.58. The molecule has 188 valence electrons. The first-order valence-electron chi connectivity index (χ1n) is 12.1. The smallest absolute Gasteiger partial charge is 0.453 e. The van der Waals surface area contributed by atoms with Gasteiger partial charge in [-0.1, -0.05) is 25.1 Å². The SMILES string of the molecule is COC(=O)N1CCC(N(C(=O)C2CCC(C)CC2)c2nn(-c3ccccc3)cc2OC(=O)O)CC1. The van der Waals surface area contributed by atoms with Crippen LogP contribution >= 0.6 is 0 Å². The van der Waals surface area contributed by atoms with Gasteiger partial charge >= 0.3 is 12.2 Å². The fourth-order valence-corrected chi connectivity index (χ4v) is 4.99. The number of ether oxygens (including phenoxy) is 2. The number of rotatable bonds is 5. The first-order chi connectivity index (χ1) is 16.9. The van der Waals surface area contributed by atoms with Gasteiger partial charge in [0.2, 0.25) is 11.7 Å². The van der Waals surface area contributed by atoms with E-state index in [0.717, 1.165) is 25.7 Å². The van der Waals surface area contributed by atoms with E-state index in [9.17, 15) is 19.5 Å². The summed E-state index contributed by atoms with van der Waals surface area (Å²) in [5.74, 6) is 0.552. The van der Waals surface area contributed by atoms with Gasteiger partial charge < -0.3 is 19.5 Å². The molecule has 1 N–H and O–H groups in total. The molecule has 1 saturated carbocycles. The molecule has 0 bridgehead atoms. The summed E-state index contributed by atoms with van der Waals surface area (Å²) in [7, 11) is 1.35. The zero-order chi connectivity index (χ0) is 24.9. The van der Waals surface area contributed by atoms with Gasteiger partial charge in [0.15, 0.2) is 5.75 Å². The molecule has 2 aliphatic rings. The summed E-state index contributed by atoms with van der Waals surface area (Å²) >= 11 is 0. The Morgan fingerprint density at radius 2 is 1.69 bits per heavy atom. The Morgan fingerprint density at radius 1 is 1.03 bits per heavy atom. The Hall–Kier alpha value is -3.56. The summed E-state index contributed by atoms with van der Waals surface area (Å²) in [6.45, 7) is 3.05. The molecule has 1 aliphatic heterocycles. The van der Waals surface area contributed by atoms with Crippen LogP contribution in [0.3, 0.4) is 0 Å². The molecule has 10 heteroatoms. The van der Waals surface area contributed by atoms with Crippen molar-refractivity contribution in [2.45, 2.75) is 51.5 Å². The summed E-state index contributed by atoms with van der Waals surface area (Å²) in [4.78, 5) is 40.7. The summed E-state index contributed by atoms with van der Waals surface area (Å²) in [5.41, 5.74) is 0.716. The molecule has 0 spiro atoms. The van der Waals surface area contributed by atoms with Gasteiger partial charge in [0.25, 0.3) is 0 Å². The van der Waals surface area contributed by atoms with Crippen LogP contribution in [0.5, 0.6) is 5.75 Å². The van der Waals surface area contributed by atoms with E-state index in [1.165, 1.54) is 18.0 Å². The van der Waals surface area contributed by atoms with Crippen molar-refractivity contribution in [3.63, 3.8) is 0 Å². The highest BCUT2D eigenvalue weighted by atomic mass is 16.7. The molecule has 0 radical (unpaired) electrons. The number of hydrogen-bond donors (Lipinski definition) is 1. The van der Waals surface area contributed by atoms with E-state index >= 15 is 0 Å². The first kappa shape index (κ1) is 24.6. The van der Waals surface area contributed by atoms with Gasteiger partial charge in [0, 0.05) is 25.0 Å². The van der Waals surface area contributed by atoms with Crippen molar-refractivity contribution in [3.05, 3.63) is 36.5 Å². The monoisotopic (exact) mass is 484 g/mol. The molecule has 1 saturated heterocycles. The zero-order valence-corrected chi connectivity index (χ0v) is 20.1. The van der Waals surface area contributed by atoms with Gasteiger partial charge in [-0.15, -0.1) is 5.10 Å². The molecule has 2 heterocycles. The van der Waals surface area contributed by atoms with Gasteiger partial charge in [0.05, 0.1) is 19.0 Å². The second-order valence-corrected chi connectivity index (χ2v) is 9.32. The number of para-hydroxylation sites is 1. The lowest BCUT2D eigenvalue weighted by atomic mass is 9.82. The first-order valence-corrected chi connectivity index (χ1v) is 12.1. The number of carbonyl (C=O) groups is 3. The molecule has 2 fully saturated rings. The number of nitrogens with zero attached hydrogens (tertiary/aromatic N) is 4. The molecule has 1 aromatic heterocycles. The van der Waals surface area contributed by atoms with E-state index in [4.69, 9.17) is 9.47 Å². The topological polar surface area (TPSA) is 114 Å². The number of carboxylic acid groups (broad SMARTS) is 1. The van der Waals surface area contributed by atoms with Crippen molar-refractivity contribution in [2.24, 2.45) is 11.8 Å². The van der Waals surface area contributed by atoms with Crippen molar-refractivity contribution in [1.29, 1.82) is 0 Å². The average Bonchev–Trinajstić information content (AvgIpc) is 3.27. The van der Waals surface area contributed by atoms with Crippen LogP contribution in [-0.4, -0.2) is 64.2 Å². The minimum absolute atomic E-state index is 0.00859. The number of amides is 2. The summed E-state index contributed by atoms with van der Waals surface area (Å²) in [6, 6.07) is 9.00. The van der Waals surface area contributed by atoms with E-state index in [1.807, 2.05) is 30.3 Å². The number of methoxy groups -OCH3 is 1. The van der Waals surface area contributed by atoms with Crippen LogP contribution in [-0.2, 0) is 9.53 Å². The van der Waals surface area contributed by atoms with Gasteiger partial charge in [-0.3, -0.25) is 9.69 Å².